The quantitative estimate of drug-likeness (QED) is 0.874. The first kappa shape index (κ1) is 13.7. The first-order chi connectivity index (χ1) is 9.72. The van der Waals surface area contributed by atoms with Gasteiger partial charge in [0.2, 0.25) is 5.91 Å². The zero-order chi connectivity index (χ0) is 13.9. The van der Waals surface area contributed by atoms with Gasteiger partial charge < -0.3 is 4.90 Å². The number of piperazine rings is 1. The number of nitrogens with zero attached hydrogens (tertiary/aromatic N) is 3. The molecule has 6 heteroatoms. The molecule has 0 aliphatic carbocycles. The first-order valence-electron chi connectivity index (χ1n) is 6.67. The van der Waals surface area contributed by atoms with Gasteiger partial charge in [-0.25, -0.2) is 4.98 Å². The van der Waals surface area contributed by atoms with Crippen LogP contribution in [0.5, 0.6) is 0 Å². The van der Waals surface area contributed by atoms with Crippen LogP contribution in [0.2, 0.25) is 0 Å². The van der Waals surface area contributed by atoms with E-state index in [1.54, 1.807) is 29.6 Å². The van der Waals surface area contributed by atoms with Crippen LogP contribution in [-0.4, -0.2) is 46.9 Å². The van der Waals surface area contributed by atoms with Crippen LogP contribution in [-0.2, 0) is 11.3 Å². The van der Waals surface area contributed by atoms with Crippen molar-refractivity contribution in [3.8, 4) is 10.6 Å². The topological polar surface area (TPSA) is 36.4 Å². The van der Waals surface area contributed by atoms with Crippen molar-refractivity contribution >= 4 is 28.6 Å². The summed E-state index contributed by atoms with van der Waals surface area (Å²) in [5.41, 5.74) is 2.35. The highest BCUT2D eigenvalue weighted by molar-refractivity contribution is 7.14. The zero-order valence-corrected chi connectivity index (χ0v) is 13.0. The lowest BCUT2D eigenvalue weighted by molar-refractivity contribution is -0.130. The van der Waals surface area contributed by atoms with Crippen molar-refractivity contribution in [3.05, 3.63) is 27.9 Å². The molecule has 2 aromatic rings. The third-order valence-corrected chi connectivity index (χ3v) is 5.15. The Labute approximate surface area is 126 Å². The second-order valence-corrected chi connectivity index (χ2v) is 6.58. The predicted octanol–water partition coefficient (Wildman–Crippen LogP) is 2.54. The van der Waals surface area contributed by atoms with Gasteiger partial charge in [0.15, 0.2) is 0 Å². The van der Waals surface area contributed by atoms with E-state index in [0.717, 1.165) is 43.4 Å². The van der Waals surface area contributed by atoms with Crippen molar-refractivity contribution in [2.45, 2.75) is 13.5 Å². The molecule has 0 spiro atoms. The van der Waals surface area contributed by atoms with Crippen molar-refractivity contribution in [2.24, 2.45) is 0 Å². The van der Waals surface area contributed by atoms with Crippen LogP contribution in [0.1, 0.15) is 12.6 Å². The van der Waals surface area contributed by atoms with E-state index in [-0.39, 0.29) is 5.91 Å². The third-order valence-electron chi connectivity index (χ3n) is 3.52. The summed E-state index contributed by atoms with van der Waals surface area (Å²) in [5.74, 6) is 0.179. The van der Waals surface area contributed by atoms with Gasteiger partial charge in [0.25, 0.3) is 0 Å². The molecule has 0 N–H and O–H groups in total. The highest BCUT2D eigenvalue weighted by atomic mass is 32.1. The lowest BCUT2D eigenvalue weighted by Gasteiger charge is -2.33. The molecule has 1 aliphatic heterocycles. The Balaban J connectivity index is 1.58. The molecule has 0 radical (unpaired) electrons. The summed E-state index contributed by atoms with van der Waals surface area (Å²) in [6, 6.07) is 2.11. The monoisotopic (exact) mass is 307 g/mol. The van der Waals surface area contributed by atoms with E-state index in [1.165, 1.54) is 5.56 Å². The number of carbonyl (C=O) groups excluding carboxylic acids is 1. The van der Waals surface area contributed by atoms with Crippen LogP contribution in [0.25, 0.3) is 10.6 Å². The molecular formula is C14H17N3OS2. The molecule has 0 aromatic carbocycles. The number of rotatable bonds is 3. The summed E-state index contributed by atoms with van der Waals surface area (Å²) in [6.07, 6.45) is 0. The van der Waals surface area contributed by atoms with Crippen LogP contribution in [0.4, 0.5) is 0 Å². The number of thiophene rings is 1. The molecule has 4 nitrogen and oxygen atoms in total. The minimum Gasteiger partial charge on any atom is -0.340 e. The van der Waals surface area contributed by atoms with Crippen molar-refractivity contribution in [1.82, 2.24) is 14.8 Å². The highest BCUT2D eigenvalue weighted by Gasteiger charge is 2.19. The minimum absolute atomic E-state index is 0.179. The maximum absolute atomic E-state index is 11.3. The van der Waals surface area contributed by atoms with Crippen LogP contribution >= 0.6 is 22.7 Å². The summed E-state index contributed by atoms with van der Waals surface area (Å²) in [5, 5.41) is 7.46. The highest BCUT2D eigenvalue weighted by Crippen LogP contribution is 2.26. The predicted molar refractivity (Wildman–Crippen MR) is 83.0 cm³/mol. The maximum atomic E-state index is 11.3. The molecule has 1 saturated heterocycles. The lowest BCUT2D eigenvalue weighted by Crippen LogP contribution is -2.47. The third kappa shape index (κ3) is 3.08. The van der Waals surface area contributed by atoms with Crippen molar-refractivity contribution < 1.29 is 4.79 Å². The van der Waals surface area contributed by atoms with E-state index in [1.807, 2.05) is 4.90 Å². The van der Waals surface area contributed by atoms with Gasteiger partial charge in [-0.2, -0.15) is 11.3 Å². The summed E-state index contributed by atoms with van der Waals surface area (Å²) in [6.45, 7) is 6.05. The zero-order valence-electron chi connectivity index (χ0n) is 11.4. The normalized spacial score (nSPS) is 16.6. The number of thiazole rings is 1. The molecule has 3 rings (SSSR count). The average molecular weight is 307 g/mol. The molecule has 1 amide bonds. The van der Waals surface area contributed by atoms with Gasteiger partial charge in [-0.05, 0) is 11.4 Å². The van der Waals surface area contributed by atoms with E-state index in [2.05, 4.69) is 27.1 Å². The second kappa shape index (κ2) is 6.03. The van der Waals surface area contributed by atoms with Crippen LogP contribution in [0.3, 0.4) is 0 Å². The number of amides is 1. The Morgan fingerprint density at radius 3 is 2.75 bits per heavy atom. The average Bonchev–Trinajstić information content (AvgIpc) is 3.09. The van der Waals surface area contributed by atoms with E-state index >= 15 is 0 Å². The molecule has 0 atom stereocenters. The van der Waals surface area contributed by atoms with Crippen molar-refractivity contribution in [2.75, 3.05) is 26.2 Å². The van der Waals surface area contributed by atoms with Crippen LogP contribution in [0, 0.1) is 0 Å². The fourth-order valence-corrected chi connectivity index (χ4v) is 3.87. The van der Waals surface area contributed by atoms with Gasteiger partial charge in [0.05, 0.1) is 5.69 Å². The lowest BCUT2D eigenvalue weighted by atomic mass is 10.3. The summed E-state index contributed by atoms with van der Waals surface area (Å²) in [4.78, 5) is 20.3. The van der Waals surface area contributed by atoms with Crippen molar-refractivity contribution in [1.29, 1.82) is 0 Å². The SMILES string of the molecule is CC(=O)N1CCN(Cc2csc(-c3ccsc3)n2)CC1. The molecule has 2 aromatic heterocycles. The Morgan fingerprint density at radius 1 is 1.30 bits per heavy atom. The Hall–Kier alpha value is -1.24. The molecule has 0 bridgehead atoms. The van der Waals surface area contributed by atoms with Crippen molar-refractivity contribution in [3.63, 3.8) is 0 Å². The fourth-order valence-electron chi connectivity index (χ4n) is 2.35. The molecule has 106 valence electrons. The first-order valence-corrected chi connectivity index (χ1v) is 8.49. The second-order valence-electron chi connectivity index (χ2n) is 4.94. The Morgan fingerprint density at radius 2 is 2.10 bits per heavy atom. The summed E-state index contributed by atoms with van der Waals surface area (Å²) < 4.78 is 0. The van der Waals surface area contributed by atoms with Gasteiger partial charge in [-0.15, -0.1) is 11.3 Å². The Kier molecular flexibility index (Phi) is 4.14. The number of hydrogen-bond donors (Lipinski definition) is 0. The van der Waals surface area contributed by atoms with E-state index in [4.69, 9.17) is 4.98 Å². The Bertz CT molecular complexity index is 571. The molecule has 20 heavy (non-hydrogen) atoms. The standard InChI is InChI=1S/C14H17N3OS2/c1-11(18)17-5-3-16(4-6-17)8-13-10-20-14(15-13)12-2-7-19-9-12/h2,7,9-10H,3-6,8H2,1H3. The van der Waals surface area contributed by atoms with Gasteiger partial charge in [0.1, 0.15) is 5.01 Å². The molecule has 3 heterocycles. The molecule has 1 fully saturated rings. The number of carbonyl (C=O) groups is 1. The molecular weight excluding hydrogens is 290 g/mol. The summed E-state index contributed by atoms with van der Waals surface area (Å²) >= 11 is 3.41. The molecule has 0 saturated carbocycles. The van der Waals surface area contributed by atoms with E-state index < -0.39 is 0 Å². The number of hydrogen-bond acceptors (Lipinski definition) is 5. The molecule has 0 unspecified atom stereocenters. The molecule has 1 aliphatic rings. The minimum atomic E-state index is 0.179. The van der Waals surface area contributed by atoms with Gasteiger partial charge in [-0.3, -0.25) is 9.69 Å². The van der Waals surface area contributed by atoms with Gasteiger partial charge in [0, 0.05) is 56.0 Å². The van der Waals surface area contributed by atoms with E-state index in [9.17, 15) is 4.79 Å². The maximum Gasteiger partial charge on any atom is 0.219 e. The summed E-state index contributed by atoms with van der Waals surface area (Å²) in [7, 11) is 0. The smallest absolute Gasteiger partial charge is 0.219 e. The van der Waals surface area contributed by atoms with E-state index in [0.29, 0.717) is 0 Å². The van der Waals surface area contributed by atoms with Crippen LogP contribution < -0.4 is 0 Å². The van der Waals surface area contributed by atoms with Crippen LogP contribution in [0.15, 0.2) is 22.2 Å². The largest absolute Gasteiger partial charge is 0.340 e. The fraction of sp³-hybridized carbons (Fsp3) is 0.429. The van der Waals surface area contributed by atoms with Gasteiger partial charge in [-0.1, -0.05) is 0 Å². The number of aromatic nitrogens is 1. The van der Waals surface area contributed by atoms with Gasteiger partial charge >= 0.3 is 0 Å².